The molecule has 0 aliphatic heterocycles. The van der Waals surface area contributed by atoms with E-state index in [9.17, 15) is 29.7 Å². The molecule has 6 saturated carbocycles. The molecule has 0 bridgehead atoms. The zero-order chi connectivity index (χ0) is 31.4. The van der Waals surface area contributed by atoms with Gasteiger partial charge in [0, 0.05) is 29.6 Å². The molecule has 8 aliphatic carbocycles. The van der Waals surface area contributed by atoms with Crippen molar-refractivity contribution in [3.63, 3.8) is 0 Å². The van der Waals surface area contributed by atoms with Gasteiger partial charge in [-0.15, -0.1) is 0 Å². The highest BCUT2D eigenvalue weighted by atomic mass is 16.3. The van der Waals surface area contributed by atoms with Gasteiger partial charge >= 0.3 is 0 Å². The van der Waals surface area contributed by atoms with Crippen LogP contribution in [0.3, 0.4) is 0 Å². The number of carbonyl (C=O) groups is 3. The minimum atomic E-state index is -0.436. The van der Waals surface area contributed by atoms with Gasteiger partial charge < -0.3 is 15.3 Å². The lowest BCUT2D eigenvalue weighted by molar-refractivity contribution is -0.139. The summed E-state index contributed by atoms with van der Waals surface area (Å²) in [6.07, 6.45) is 15.2. The van der Waals surface area contributed by atoms with Crippen LogP contribution in [-0.2, 0) is 14.4 Å². The summed E-state index contributed by atoms with van der Waals surface area (Å²) in [6, 6.07) is 0. The van der Waals surface area contributed by atoms with Crippen LogP contribution in [0, 0.1) is 57.2 Å². The molecule has 3 N–H and O–H groups in total. The van der Waals surface area contributed by atoms with Gasteiger partial charge in [0.1, 0.15) is 11.6 Å². The molecule has 0 aromatic heterocycles. The Hall–Kier alpha value is -1.63. The Labute approximate surface area is 263 Å². The van der Waals surface area contributed by atoms with E-state index in [1.54, 1.807) is 0 Å². The lowest BCUT2D eigenvalue weighted by Gasteiger charge is -2.58. The van der Waals surface area contributed by atoms with Crippen LogP contribution >= 0.6 is 0 Å². The lowest BCUT2D eigenvalue weighted by atomic mass is 9.47. The van der Waals surface area contributed by atoms with E-state index < -0.39 is 6.10 Å². The fraction of sp³-hybridized carbons (Fsp3) is 0.816. The van der Waals surface area contributed by atoms with Crippen molar-refractivity contribution < 1.29 is 29.7 Å². The Kier molecular flexibility index (Phi) is 7.35. The van der Waals surface area contributed by atoms with E-state index in [0.29, 0.717) is 48.6 Å². The van der Waals surface area contributed by atoms with Gasteiger partial charge in [0.15, 0.2) is 5.78 Å². The van der Waals surface area contributed by atoms with E-state index in [2.05, 4.69) is 27.7 Å². The third-order valence-corrected chi connectivity index (χ3v) is 15.4. The Balaban J connectivity index is 0.000000142. The monoisotopic (exact) mass is 606 g/mol. The molecule has 6 nitrogen and oxygen atoms in total. The number of aliphatic hydroxyl groups excluding tert-OH is 3. The number of hydrogen-bond donors (Lipinski definition) is 3. The maximum absolute atomic E-state index is 12.9. The van der Waals surface area contributed by atoms with E-state index in [1.807, 2.05) is 12.2 Å². The van der Waals surface area contributed by atoms with Gasteiger partial charge in [-0.3, -0.25) is 14.4 Å². The van der Waals surface area contributed by atoms with Gasteiger partial charge in [0.25, 0.3) is 0 Å². The Morgan fingerprint density at radius 2 is 1.05 bits per heavy atom. The second kappa shape index (κ2) is 10.4. The van der Waals surface area contributed by atoms with Crippen LogP contribution in [0.1, 0.15) is 118 Å². The summed E-state index contributed by atoms with van der Waals surface area (Å²) in [6.45, 7) is 8.88. The quantitative estimate of drug-likeness (QED) is 0.296. The topological polar surface area (TPSA) is 112 Å². The highest BCUT2D eigenvalue weighted by Gasteiger charge is 2.62. The Bertz CT molecular complexity index is 1310. The van der Waals surface area contributed by atoms with Crippen molar-refractivity contribution in [1.82, 2.24) is 0 Å². The molecule has 0 radical (unpaired) electrons. The number of rotatable bonds is 0. The van der Waals surface area contributed by atoms with Gasteiger partial charge in [-0.25, -0.2) is 0 Å². The van der Waals surface area contributed by atoms with Gasteiger partial charge in [-0.05, 0) is 124 Å². The zero-order valence-corrected chi connectivity index (χ0v) is 27.3. The Morgan fingerprint density at radius 1 is 0.591 bits per heavy atom. The predicted octanol–water partition coefficient (Wildman–Crippen LogP) is 5.91. The van der Waals surface area contributed by atoms with Crippen molar-refractivity contribution in [2.75, 3.05) is 0 Å². The van der Waals surface area contributed by atoms with Crippen molar-refractivity contribution in [2.45, 2.75) is 136 Å². The summed E-state index contributed by atoms with van der Waals surface area (Å²) in [5, 5.41) is 30.8. The molecular weight excluding hydrogens is 552 g/mol. The summed E-state index contributed by atoms with van der Waals surface area (Å²) >= 11 is 0. The number of hydrogen-bond acceptors (Lipinski definition) is 6. The summed E-state index contributed by atoms with van der Waals surface area (Å²) in [4.78, 5) is 37.6. The van der Waals surface area contributed by atoms with Crippen LogP contribution in [0.2, 0.25) is 0 Å². The van der Waals surface area contributed by atoms with Crippen LogP contribution < -0.4 is 0 Å². The van der Waals surface area contributed by atoms with Crippen molar-refractivity contribution >= 4 is 17.3 Å². The maximum Gasteiger partial charge on any atom is 0.159 e. The smallest absolute Gasteiger partial charge is 0.159 e. The summed E-state index contributed by atoms with van der Waals surface area (Å²) in [5.41, 5.74) is 2.17. The van der Waals surface area contributed by atoms with Crippen LogP contribution in [0.25, 0.3) is 0 Å². The molecule has 0 saturated heterocycles. The molecule has 0 amide bonds. The van der Waals surface area contributed by atoms with Crippen molar-refractivity contribution in [3.8, 4) is 0 Å². The first-order valence-electron chi connectivity index (χ1n) is 17.8. The molecule has 44 heavy (non-hydrogen) atoms. The standard InChI is InChI=1S/C19H28O3.C19H26O3/c2*1-18-7-5-12(20)9-11(18)10-15(21)17-13-3-4-16(22)19(13,2)8-6-14(17)18/h10,12-15,17,20-21H,3-9H2,1-2H3;10,12-14,17,20H,3-9H2,1-2H3/t12-,13?,14?,15+,17?,18-,19-;12-,13?,14?,17?,18-,19-/m00/s1. The number of allylic oxidation sites excluding steroid dienone is 1. The lowest BCUT2D eigenvalue weighted by Crippen LogP contribution is -2.54. The fourth-order valence-corrected chi connectivity index (χ4v) is 12.6. The molecule has 0 aromatic rings. The number of carbonyl (C=O) groups excluding carboxylic acids is 3. The number of ketones is 3. The summed E-state index contributed by atoms with van der Waals surface area (Å²) < 4.78 is 0. The van der Waals surface area contributed by atoms with E-state index in [-0.39, 0.29) is 57.4 Å². The maximum atomic E-state index is 12.9. The molecule has 6 heteroatoms. The number of fused-ring (bicyclic) bond motifs is 10. The van der Waals surface area contributed by atoms with Crippen molar-refractivity contribution in [1.29, 1.82) is 0 Å². The first-order valence-corrected chi connectivity index (χ1v) is 17.8. The molecule has 8 rings (SSSR count). The van der Waals surface area contributed by atoms with E-state index in [0.717, 1.165) is 70.6 Å². The van der Waals surface area contributed by atoms with E-state index in [1.165, 1.54) is 11.1 Å². The number of aliphatic hydroxyl groups is 3. The summed E-state index contributed by atoms with van der Waals surface area (Å²) in [5.74, 6) is 2.73. The molecular formula is C38H54O6. The third kappa shape index (κ3) is 4.32. The molecule has 0 spiro atoms. The molecule has 0 aromatic carbocycles. The van der Waals surface area contributed by atoms with E-state index in [4.69, 9.17) is 0 Å². The van der Waals surface area contributed by atoms with E-state index >= 15 is 0 Å². The Morgan fingerprint density at radius 3 is 1.68 bits per heavy atom. The first kappa shape index (κ1) is 31.0. The van der Waals surface area contributed by atoms with Gasteiger partial charge in [-0.1, -0.05) is 44.9 Å². The average Bonchev–Trinajstić information content (AvgIpc) is 3.45. The van der Waals surface area contributed by atoms with Gasteiger partial charge in [0.2, 0.25) is 0 Å². The third-order valence-electron chi connectivity index (χ3n) is 15.4. The first-order chi connectivity index (χ1) is 20.7. The molecule has 6 unspecified atom stereocenters. The van der Waals surface area contributed by atoms with Crippen LogP contribution in [-0.4, -0.2) is 51.0 Å². The van der Waals surface area contributed by atoms with Crippen molar-refractivity contribution in [3.05, 3.63) is 23.3 Å². The minimum Gasteiger partial charge on any atom is -0.393 e. The summed E-state index contributed by atoms with van der Waals surface area (Å²) in [7, 11) is 0. The van der Waals surface area contributed by atoms with Crippen LogP contribution in [0.4, 0.5) is 0 Å². The predicted molar refractivity (Wildman–Crippen MR) is 167 cm³/mol. The molecule has 8 aliphatic rings. The molecule has 242 valence electrons. The van der Waals surface area contributed by atoms with Gasteiger partial charge in [0.05, 0.1) is 18.3 Å². The van der Waals surface area contributed by atoms with Gasteiger partial charge in [-0.2, -0.15) is 0 Å². The molecule has 0 heterocycles. The second-order valence-electron chi connectivity index (χ2n) is 17.2. The highest BCUT2D eigenvalue weighted by Crippen LogP contribution is 2.65. The number of Topliss-reactive ketones (excluding diaryl/α,β-unsaturated/α-hetero) is 2. The zero-order valence-electron chi connectivity index (χ0n) is 27.3. The average molecular weight is 607 g/mol. The second-order valence-corrected chi connectivity index (χ2v) is 17.2. The minimum absolute atomic E-state index is 0.0363. The van der Waals surface area contributed by atoms with Crippen molar-refractivity contribution in [2.24, 2.45) is 57.2 Å². The molecule has 13 atom stereocenters. The fourth-order valence-electron chi connectivity index (χ4n) is 12.6. The van der Waals surface area contributed by atoms with Crippen LogP contribution in [0.15, 0.2) is 23.3 Å². The van der Waals surface area contributed by atoms with Crippen LogP contribution in [0.5, 0.6) is 0 Å². The highest BCUT2D eigenvalue weighted by molar-refractivity contribution is 5.96. The largest absolute Gasteiger partial charge is 0.393 e. The molecule has 6 fully saturated rings. The SMILES string of the molecule is C[C@]12CC[C@H](O)CC1=CC(=O)C1C2CC[C@]2(C)C(=O)CCC12.C[C@]12CC[C@H](O)CC1=C[C@@H](O)C1C2CC[C@]2(C)C(=O)CCC12. The normalized spacial score (nSPS) is 52.6.